The van der Waals surface area contributed by atoms with Crippen LogP contribution in [0.5, 0.6) is 0 Å². The molecule has 1 amide bonds. The Kier molecular flexibility index (Phi) is 4.42. The fourth-order valence-electron chi connectivity index (χ4n) is 4.34. The van der Waals surface area contributed by atoms with Crippen LogP contribution in [0.25, 0.3) is 0 Å². The van der Waals surface area contributed by atoms with Gasteiger partial charge in [-0.2, -0.15) is 0 Å². The van der Waals surface area contributed by atoms with Crippen LogP contribution >= 0.6 is 0 Å². The van der Waals surface area contributed by atoms with E-state index in [0.29, 0.717) is 11.9 Å². The Bertz CT molecular complexity index is 312. The fraction of sp³-hybridized carbons (Fsp3) is 0.938. The molecule has 3 nitrogen and oxygen atoms in total. The van der Waals surface area contributed by atoms with Gasteiger partial charge in [0.2, 0.25) is 5.91 Å². The number of hydrogen-bond acceptors (Lipinski definition) is 2. The molecule has 0 aromatic heterocycles. The molecule has 108 valence electrons. The third-order valence-corrected chi connectivity index (χ3v) is 5.52. The van der Waals surface area contributed by atoms with Gasteiger partial charge in [0.1, 0.15) is 0 Å². The second-order valence-electron chi connectivity index (χ2n) is 6.74. The van der Waals surface area contributed by atoms with E-state index in [4.69, 9.17) is 0 Å². The van der Waals surface area contributed by atoms with Crippen LogP contribution in [0.15, 0.2) is 0 Å². The SMILES string of the molecule is O=C1CC[C@@H]2CNCC[C@@H]2N1CCC1CCCCC1. The van der Waals surface area contributed by atoms with Crippen LogP contribution in [-0.2, 0) is 4.79 Å². The Morgan fingerprint density at radius 3 is 2.79 bits per heavy atom. The Balaban J connectivity index is 1.55. The van der Waals surface area contributed by atoms with Crippen molar-refractivity contribution in [2.24, 2.45) is 11.8 Å². The van der Waals surface area contributed by atoms with Crippen molar-refractivity contribution in [3.8, 4) is 0 Å². The van der Waals surface area contributed by atoms with E-state index in [1.165, 1.54) is 44.9 Å². The highest BCUT2D eigenvalue weighted by Crippen LogP contribution is 2.31. The van der Waals surface area contributed by atoms with Gasteiger partial charge in [0.15, 0.2) is 0 Å². The molecule has 3 fully saturated rings. The van der Waals surface area contributed by atoms with E-state index < -0.39 is 0 Å². The molecular formula is C16H28N2O. The highest BCUT2D eigenvalue weighted by molar-refractivity contribution is 5.77. The van der Waals surface area contributed by atoms with Gasteiger partial charge in [-0.1, -0.05) is 32.1 Å². The summed E-state index contributed by atoms with van der Waals surface area (Å²) in [4.78, 5) is 14.5. The minimum atomic E-state index is 0.430. The number of nitrogens with zero attached hydrogens (tertiary/aromatic N) is 1. The zero-order valence-electron chi connectivity index (χ0n) is 12.1. The van der Waals surface area contributed by atoms with Crippen LogP contribution in [0, 0.1) is 11.8 Å². The first-order valence-electron chi connectivity index (χ1n) is 8.35. The van der Waals surface area contributed by atoms with Crippen LogP contribution in [-0.4, -0.2) is 36.5 Å². The van der Waals surface area contributed by atoms with Crippen LogP contribution < -0.4 is 5.32 Å². The maximum absolute atomic E-state index is 12.2. The third kappa shape index (κ3) is 3.13. The lowest BCUT2D eigenvalue weighted by molar-refractivity contribution is -0.139. The van der Waals surface area contributed by atoms with Crippen LogP contribution in [0.4, 0.5) is 0 Å². The van der Waals surface area contributed by atoms with Gasteiger partial charge in [0, 0.05) is 19.0 Å². The maximum atomic E-state index is 12.2. The van der Waals surface area contributed by atoms with E-state index in [-0.39, 0.29) is 0 Å². The molecule has 1 N–H and O–H groups in total. The second kappa shape index (κ2) is 6.25. The molecule has 1 saturated carbocycles. The van der Waals surface area contributed by atoms with E-state index in [1.54, 1.807) is 0 Å². The molecule has 2 atom stereocenters. The van der Waals surface area contributed by atoms with Gasteiger partial charge in [0.05, 0.1) is 0 Å². The third-order valence-electron chi connectivity index (χ3n) is 5.52. The zero-order chi connectivity index (χ0) is 13.1. The largest absolute Gasteiger partial charge is 0.339 e. The lowest BCUT2D eigenvalue weighted by Crippen LogP contribution is -2.55. The first kappa shape index (κ1) is 13.4. The van der Waals surface area contributed by atoms with Gasteiger partial charge in [-0.15, -0.1) is 0 Å². The van der Waals surface area contributed by atoms with Gasteiger partial charge in [0.25, 0.3) is 0 Å². The topological polar surface area (TPSA) is 32.3 Å². The highest BCUT2D eigenvalue weighted by atomic mass is 16.2. The van der Waals surface area contributed by atoms with Crippen molar-refractivity contribution in [1.29, 1.82) is 0 Å². The number of nitrogens with one attached hydrogen (secondary N) is 1. The number of rotatable bonds is 3. The summed E-state index contributed by atoms with van der Waals surface area (Å²) >= 11 is 0. The number of amides is 1. The van der Waals surface area contributed by atoms with Gasteiger partial charge < -0.3 is 10.2 Å². The Labute approximate surface area is 117 Å². The standard InChI is InChI=1S/C16H28N2O/c19-16-7-6-14-12-17-10-8-15(14)18(16)11-9-13-4-2-1-3-5-13/h13-15,17H,1-12H2/t14-,15+/m1/s1. The van der Waals surface area contributed by atoms with Crippen molar-refractivity contribution in [3.05, 3.63) is 0 Å². The van der Waals surface area contributed by atoms with Crippen molar-refractivity contribution in [1.82, 2.24) is 10.2 Å². The quantitative estimate of drug-likeness (QED) is 0.849. The number of likely N-dealkylation sites (tertiary alicyclic amines) is 1. The summed E-state index contributed by atoms with van der Waals surface area (Å²) in [5.74, 6) is 2.04. The van der Waals surface area contributed by atoms with Gasteiger partial charge >= 0.3 is 0 Å². The second-order valence-corrected chi connectivity index (χ2v) is 6.74. The van der Waals surface area contributed by atoms with Gasteiger partial charge in [-0.3, -0.25) is 4.79 Å². The Hall–Kier alpha value is -0.570. The van der Waals surface area contributed by atoms with Crippen molar-refractivity contribution in [2.75, 3.05) is 19.6 Å². The number of hydrogen-bond donors (Lipinski definition) is 1. The lowest BCUT2D eigenvalue weighted by atomic mass is 9.83. The molecule has 0 radical (unpaired) electrons. The molecule has 0 aromatic carbocycles. The summed E-state index contributed by atoms with van der Waals surface area (Å²) in [6.07, 6.45) is 11.4. The number of fused-ring (bicyclic) bond motifs is 1. The summed E-state index contributed by atoms with van der Waals surface area (Å²) in [7, 11) is 0. The molecule has 0 spiro atoms. The molecular weight excluding hydrogens is 236 g/mol. The van der Waals surface area contributed by atoms with E-state index in [2.05, 4.69) is 10.2 Å². The first-order valence-corrected chi connectivity index (χ1v) is 8.35. The predicted molar refractivity (Wildman–Crippen MR) is 76.9 cm³/mol. The van der Waals surface area contributed by atoms with E-state index in [1.807, 2.05) is 0 Å². The molecule has 2 heterocycles. The molecule has 0 aromatic rings. The molecule has 1 aliphatic carbocycles. The highest BCUT2D eigenvalue weighted by Gasteiger charge is 2.36. The smallest absolute Gasteiger partial charge is 0.222 e. The van der Waals surface area contributed by atoms with Crippen molar-refractivity contribution in [3.63, 3.8) is 0 Å². The first-order chi connectivity index (χ1) is 9.34. The molecule has 3 rings (SSSR count). The Morgan fingerprint density at radius 1 is 1.11 bits per heavy atom. The Morgan fingerprint density at radius 2 is 1.95 bits per heavy atom. The average molecular weight is 264 g/mol. The summed E-state index contributed by atoms with van der Waals surface area (Å²) in [6.45, 7) is 3.25. The zero-order valence-corrected chi connectivity index (χ0v) is 12.1. The summed E-state index contributed by atoms with van der Waals surface area (Å²) in [5.41, 5.74) is 0. The van der Waals surface area contributed by atoms with Crippen LogP contribution in [0.1, 0.15) is 57.8 Å². The van der Waals surface area contributed by atoms with E-state index >= 15 is 0 Å². The molecule has 3 heteroatoms. The van der Waals surface area contributed by atoms with Gasteiger partial charge in [-0.05, 0) is 44.2 Å². The number of carbonyl (C=O) groups excluding carboxylic acids is 1. The molecule has 2 aliphatic heterocycles. The van der Waals surface area contributed by atoms with Crippen molar-refractivity contribution in [2.45, 2.75) is 63.8 Å². The van der Waals surface area contributed by atoms with Crippen molar-refractivity contribution < 1.29 is 4.79 Å². The van der Waals surface area contributed by atoms with Gasteiger partial charge in [-0.25, -0.2) is 0 Å². The molecule has 19 heavy (non-hydrogen) atoms. The fourth-order valence-corrected chi connectivity index (χ4v) is 4.34. The number of carbonyl (C=O) groups is 1. The molecule has 3 aliphatic rings. The summed E-state index contributed by atoms with van der Waals surface area (Å²) in [6, 6.07) is 0.547. The minimum Gasteiger partial charge on any atom is -0.339 e. The molecule has 2 saturated heterocycles. The van der Waals surface area contributed by atoms with E-state index in [0.717, 1.165) is 44.3 Å². The number of piperidine rings is 2. The summed E-state index contributed by atoms with van der Waals surface area (Å²) in [5, 5.41) is 3.49. The predicted octanol–water partition coefficient (Wildman–Crippen LogP) is 2.56. The summed E-state index contributed by atoms with van der Waals surface area (Å²) < 4.78 is 0. The average Bonchev–Trinajstić information content (AvgIpc) is 2.47. The normalized spacial score (nSPS) is 33.3. The minimum absolute atomic E-state index is 0.430. The molecule has 0 unspecified atom stereocenters. The van der Waals surface area contributed by atoms with Crippen molar-refractivity contribution >= 4 is 5.91 Å². The monoisotopic (exact) mass is 264 g/mol. The van der Waals surface area contributed by atoms with Crippen LogP contribution in [0.2, 0.25) is 0 Å². The lowest BCUT2D eigenvalue weighted by Gasteiger charge is -2.44. The van der Waals surface area contributed by atoms with E-state index in [9.17, 15) is 4.79 Å². The van der Waals surface area contributed by atoms with Crippen LogP contribution in [0.3, 0.4) is 0 Å². The maximum Gasteiger partial charge on any atom is 0.222 e. The molecule has 0 bridgehead atoms.